The molecule has 4 atom stereocenters. The molecule has 0 bridgehead atoms. The van der Waals surface area contributed by atoms with E-state index in [2.05, 4.69) is 16.8 Å². The number of piperidine rings is 1. The van der Waals surface area contributed by atoms with E-state index >= 15 is 0 Å². The zero-order valence-corrected chi connectivity index (χ0v) is 31.2. The summed E-state index contributed by atoms with van der Waals surface area (Å²) in [5, 5.41) is 9.70. The quantitative estimate of drug-likeness (QED) is 0.148. The number of hydrogen-bond acceptors (Lipinski definition) is 7. The Kier molecular flexibility index (Phi) is 9.72. The van der Waals surface area contributed by atoms with Crippen LogP contribution in [0.3, 0.4) is 0 Å². The van der Waals surface area contributed by atoms with Gasteiger partial charge in [-0.15, -0.1) is 0 Å². The van der Waals surface area contributed by atoms with E-state index in [9.17, 15) is 19.5 Å². The van der Waals surface area contributed by atoms with Gasteiger partial charge in [0.15, 0.2) is 6.29 Å². The first-order valence-corrected chi connectivity index (χ1v) is 19.4. The molecule has 1 aromatic heterocycles. The lowest BCUT2D eigenvalue weighted by atomic mass is 9.89. The van der Waals surface area contributed by atoms with Gasteiger partial charge in [0.1, 0.15) is 0 Å². The van der Waals surface area contributed by atoms with Crippen LogP contribution < -0.4 is 5.69 Å². The zero-order valence-electron chi connectivity index (χ0n) is 31.2. The Balaban J connectivity index is 0.937. The zero-order chi connectivity index (χ0) is 38.3. The van der Waals surface area contributed by atoms with Crippen molar-refractivity contribution in [2.45, 2.75) is 57.5 Å². The van der Waals surface area contributed by atoms with Crippen LogP contribution in [0.5, 0.6) is 0 Å². The van der Waals surface area contributed by atoms with E-state index in [-0.39, 0.29) is 54.8 Å². The summed E-state index contributed by atoms with van der Waals surface area (Å²) >= 11 is 0. The Morgan fingerprint density at radius 3 is 2.04 bits per heavy atom. The molecule has 284 valence electrons. The SMILES string of the molecule is C[C@H]1[C@@H](CN2CCC(n3c(=O)[nH]c4ccccc43)CC2)O[C@@H](c2ccc(-c3ccccc3CN3C(=O)c4ccccc4C3=O)cc2)O[C@H]1c1ccc(CO)cc1. The second kappa shape index (κ2) is 15.1. The van der Waals surface area contributed by atoms with Crippen LogP contribution >= 0.6 is 0 Å². The van der Waals surface area contributed by atoms with Gasteiger partial charge in [-0.05, 0) is 64.9 Å². The van der Waals surface area contributed by atoms with Gasteiger partial charge in [-0.25, -0.2) is 4.79 Å². The first-order valence-electron chi connectivity index (χ1n) is 19.4. The average Bonchev–Trinajstić information content (AvgIpc) is 3.70. The summed E-state index contributed by atoms with van der Waals surface area (Å²) < 4.78 is 15.5. The molecule has 2 saturated heterocycles. The van der Waals surface area contributed by atoms with Crippen LogP contribution in [-0.2, 0) is 22.6 Å². The second-order valence-electron chi connectivity index (χ2n) is 15.2. The lowest BCUT2D eigenvalue weighted by Crippen LogP contribution is -2.47. The van der Waals surface area contributed by atoms with Gasteiger partial charge in [0.2, 0.25) is 0 Å². The van der Waals surface area contributed by atoms with Crippen molar-refractivity contribution in [3.63, 3.8) is 0 Å². The van der Waals surface area contributed by atoms with E-state index in [1.807, 2.05) is 102 Å². The molecule has 10 heteroatoms. The van der Waals surface area contributed by atoms with Crippen LogP contribution in [0.15, 0.2) is 126 Å². The van der Waals surface area contributed by atoms with E-state index in [1.165, 1.54) is 4.90 Å². The molecule has 56 heavy (non-hydrogen) atoms. The maximum Gasteiger partial charge on any atom is 0.326 e. The predicted octanol–water partition coefficient (Wildman–Crippen LogP) is 7.41. The van der Waals surface area contributed by atoms with E-state index in [1.54, 1.807) is 24.3 Å². The third-order valence-electron chi connectivity index (χ3n) is 11.8. The molecular weight excluding hydrogens is 705 g/mol. The first kappa shape index (κ1) is 36.0. The minimum Gasteiger partial charge on any atom is -0.392 e. The van der Waals surface area contributed by atoms with E-state index in [0.29, 0.717) is 11.1 Å². The molecule has 4 heterocycles. The smallest absolute Gasteiger partial charge is 0.326 e. The predicted molar refractivity (Wildman–Crippen MR) is 213 cm³/mol. The molecule has 10 nitrogen and oxygen atoms in total. The third-order valence-corrected chi connectivity index (χ3v) is 11.8. The fraction of sp³-hybridized carbons (Fsp3) is 0.283. The number of fused-ring (bicyclic) bond motifs is 2. The highest BCUT2D eigenvalue weighted by atomic mass is 16.7. The largest absolute Gasteiger partial charge is 0.392 e. The van der Waals surface area contributed by atoms with E-state index in [0.717, 1.165) is 76.9 Å². The minimum absolute atomic E-state index is 0.0237. The second-order valence-corrected chi connectivity index (χ2v) is 15.2. The molecular formula is C46H44N4O6. The number of aliphatic hydroxyl groups is 1. The highest BCUT2D eigenvalue weighted by Crippen LogP contribution is 2.43. The Bertz CT molecular complexity index is 2410. The van der Waals surface area contributed by atoms with Crippen LogP contribution in [0.4, 0.5) is 0 Å². The van der Waals surface area contributed by atoms with Gasteiger partial charge in [0, 0.05) is 37.2 Å². The Morgan fingerprint density at radius 2 is 1.34 bits per heavy atom. The number of aromatic amines is 1. The number of likely N-dealkylation sites (tertiary alicyclic amines) is 1. The summed E-state index contributed by atoms with van der Waals surface area (Å²) in [6.07, 6.45) is 0.733. The lowest BCUT2D eigenvalue weighted by molar-refractivity contribution is -0.276. The molecule has 0 radical (unpaired) electrons. The number of H-pyrrole nitrogens is 1. The van der Waals surface area contributed by atoms with Crippen LogP contribution in [0.25, 0.3) is 22.2 Å². The van der Waals surface area contributed by atoms with Gasteiger partial charge >= 0.3 is 5.69 Å². The fourth-order valence-electron chi connectivity index (χ4n) is 8.69. The molecule has 5 aromatic carbocycles. The number of para-hydroxylation sites is 2. The molecule has 0 spiro atoms. The monoisotopic (exact) mass is 748 g/mol. The standard InChI is InChI=1S/C46H44N4O6/c1-29-41(27-48-24-22-35(23-25-48)50-40-13-7-6-12-39(40)47-46(50)54)55-45(56-42(29)32-16-14-30(28-51)15-17-32)33-20-18-31(19-21-33)36-9-3-2-8-34(36)26-49-43(52)37-10-4-5-11-38(37)44(49)53/h2-21,29,35,41-42,45,51H,22-28H2,1H3,(H,47,54)/t29-,41+,42+,45+/m0/s1. The minimum atomic E-state index is -0.622. The van der Waals surface area contributed by atoms with Crippen molar-refractivity contribution in [2.75, 3.05) is 19.6 Å². The van der Waals surface area contributed by atoms with Gasteiger partial charge in [0.05, 0.1) is 47.5 Å². The van der Waals surface area contributed by atoms with Crippen molar-refractivity contribution < 1.29 is 24.2 Å². The Hall–Kier alpha value is -5.65. The van der Waals surface area contributed by atoms with Crippen LogP contribution in [0.2, 0.25) is 0 Å². The van der Waals surface area contributed by atoms with Crippen molar-refractivity contribution in [3.8, 4) is 11.1 Å². The molecule has 3 aliphatic rings. The van der Waals surface area contributed by atoms with Gasteiger partial charge < -0.3 is 24.5 Å². The van der Waals surface area contributed by atoms with Crippen LogP contribution in [0, 0.1) is 5.92 Å². The van der Waals surface area contributed by atoms with Gasteiger partial charge in [0.25, 0.3) is 11.8 Å². The first-order chi connectivity index (χ1) is 27.4. The average molecular weight is 749 g/mol. The van der Waals surface area contributed by atoms with E-state index in [4.69, 9.17) is 9.47 Å². The number of hydrogen-bond donors (Lipinski definition) is 2. The Morgan fingerprint density at radius 1 is 0.714 bits per heavy atom. The summed E-state index contributed by atoms with van der Waals surface area (Å²) in [7, 11) is 0. The lowest BCUT2D eigenvalue weighted by Gasteiger charge is -2.44. The van der Waals surface area contributed by atoms with Crippen molar-refractivity contribution in [3.05, 3.63) is 165 Å². The van der Waals surface area contributed by atoms with Crippen molar-refractivity contribution in [2.24, 2.45) is 5.92 Å². The molecule has 2 fully saturated rings. The number of rotatable bonds is 9. The summed E-state index contributed by atoms with van der Waals surface area (Å²) in [4.78, 5) is 46.1. The van der Waals surface area contributed by atoms with Crippen molar-refractivity contribution in [1.29, 1.82) is 0 Å². The maximum atomic E-state index is 13.2. The van der Waals surface area contributed by atoms with Crippen LogP contribution in [0.1, 0.15) is 81.2 Å². The maximum absolute atomic E-state index is 13.2. The normalized spacial score (nSPS) is 21.9. The number of nitrogens with one attached hydrogen (secondary N) is 1. The number of imidazole rings is 1. The topological polar surface area (TPSA) is 117 Å². The molecule has 2 amide bonds. The molecule has 2 N–H and O–H groups in total. The number of aliphatic hydroxyl groups excluding tert-OH is 1. The summed E-state index contributed by atoms with van der Waals surface area (Å²) in [6.45, 7) is 4.75. The number of aromatic nitrogens is 2. The van der Waals surface area contributed by atoms with Crippen molar-refractivity contribution in [1.82, 2.24) is 19.4 Å². The molecule has 0 aliphatic carbocycles. The fourth-order valence-corrected chi connectivity index (χ4v) is 8.69. The van der Waals surface area contributed by atoms with Gasteiger partial charge in [-0.1, -0.05) is 104 Å². The van der Waals surface area contributed by atoms with Crippen molar-refractivity contribution >= 4 is 22.8 Å². The van der Waals surface area contributed by atoms with Gasteiger partial charge in [-0.2, -0.15) is 0 Å². The van der Waals surface area contributed by atoms with E-state index < -0.39 is 6.29 Å². The van der Waals surface area contributed by atoms with Crippen LogP contribution in [-0.4, -0.2) is 62.0 Å². The number of ether oxygens (including phenoxy) is 2. The number of imide groups is 1. The highest BCUT2D eigenvalue weighted by Gasteiger charge is 2.40. The number of benzene rings is 5. The molecule has 0 unspecified atom stereocenters. The van der Waals surface area contributed by atoms with Gasteiger partial charge in [-0.3, -0.25) is 19.1 Å². The summed E-state index contributed by atoms with van der Waals surface area (Å²) in [5.74, 6) is -0.518. The third kappa shape index (κ3) is 6.68. The summed E-state index contributed by atoms with van der Waals surface area (Å²) in [6, 6.07) is 38.9. The molecule has 9 rings (SSSR count). The number of amides is 2. The molecule has 0 saturated carbocycles. The molecule has 6 aromatic rings. The number of carbonyl (C=O) groups excluding carboxylic acids is 2. The number of carbonyl (C=O) groups is 2. The number of nitrogens with zero attached hydrogens (tertiary/aromatic N) is 3. The summed E-state index contributed by atoms with van der Waals surface area (Å²) in [5.41, 5.74) is 8.17. The Labute approximate surface area is 324 Å². The molecule has 3 aliphatic heterocycles. The highest BCUT2D eigenvalue weighted by molar-refractivity contribution is 6.21.